The highest BCUT2D eigenvalue weighted by Crippen LogP contribution is 2.36. The van der Waals surface area contributed by atoms with E-state index in [2.05, 4.69) is 10.2 Å². The lowest BCUT2D eigenvalue weighted by Crippen LogP contribution is -1.98. The Morgan fingerprint density at radius 2 is 2.23 bits per heavy atom. The number of benzene rings is 1. The summed E-state index contributed by atoms with van der Waals surface area (Å²) >= 11 is 0. The van der Waals surface area contributed by atoms with Crippen molar-refractivity contribution in [3.8, 4) is 17.0 Å². The number of nitrogens with one attached hydrogen (secondary N) is 1. The van der Waals surface area contributed by atoms with Crippen LogP contribution >= 0.6 is 0 Å². The number of ketones is 1. The molecule has 22 heavy (non-hydrogen) atoms. The van der Waals surface area contributed by atoms with Crippen LogP contribution in [0.3, 0.4) is 0 Å². The van der Waals surface area contributed by atoms with E-state index in [1.165, 1.54) is 13.2 Å². The third kappa shape index (κ3) is 3.13. The normalized spacial score (nSPS) is 10.5. The van der Waals surface area contributed by atoms with Crippen molar-refractivity contribution in [2.45, 2.75) is 26.2 Å². The molecular weight excluding hydrogens is 286 g/mol. The number of ether oxygens (including phenoxy) is 1. The fourth-order valence-electron chi connectivity index (χ4n) is 2.16. The molecule has 0 bridgehead atoms. The van der Waals surface area contributed by atoms with Crippen molar-refractivity contribution in [3.05, 3.63) is 40.1 Å². The van der Waals surface area contributed by atoms with E-state index in [4.69, 9.17) is 4.74 Å². The molecular formula is C15H17N3O4. The minimum Gasteiger partial charge on any atom is -0.490 e. The Kier molecular flexibility index (Phi) is 4.88. The largest absolute Gasteiger partial charge is 0.490 e. The number of H-pyrrole nitrogens is 1. The van der Waals surface area contributed by atoms with Crippen molar-refractivity contribution < 1.29 is 14.5 Å². The summed E-state index contributed by atoms with van der Waals surface area (Å²) in [4.78, 5) is 22.7. The molecule has 7 nitrogen and oxygen atoms in total. The summed E-state index contributed by atoms with van der Waals surface area (Å²) in [7, 11) is 1.37. The van der Waals surface area contributed by atoms with Crippen LogP contribution in [0, 0.1) is 10.1 Å². The molecule has 7 heteroatoms. The van der Waals surface area contributed by atoms with Crippen LogP contribution in [0.5, 0.6) is 5.75 Å². The first-order valence-corrected chi connectivity index (χ1v) is 6.98. The summed E-state index contributed by atoms with van der Waals surface area (Å²) in [6, 6.07) is 6.28. The van der Waals surface area contributed by atoms with E-state index in [1.807, 2.05) is 6.92 Å². The fraction of sp³-hybridized carbons (Fsp3) is 0.333. The molecule has 0 amide bonds. The number of hydrogen-bond acceptors (Lipinski definition) is 5. The first-order chi connectivity index (χ1) is 10.6. The molecule has 0 aliphatic carbocycles. The molecule has 0 saturated carbocycles. The fourth-order valence-corrected chi connectivity index (χ4v) is 2.16. The number of unbranched alkanes of at least 4 members (excludes halogenated alkanes) is 1. The second-order valence-electron chi connectivity index (χ2n) is 4.81. The van der Waals surface area contributed by atoms with Gasteiger partial charge in [0.2, 0.25) is 0 Å². The Morgan fingerprint density at radius 1 is 1.45 bits per heavy atom. The van der Waals surface area contributed by atoms with Crippen LogP contribution in [0.2, 0.25) is 0 Å². The summed E-state index contributed by atoms with van der Waals surface area (Å²) in [5.74, 6) is 0.107. The molecule has 0 spiro atoms. The number of nitrogens with zero attached hydrogens (tertiary/aromatic N) is 2. The highest BCUT2D eigenvalue weighted by Gasteiger charge is 2.23. The number of Topliss-reactive ketones (excluding diaryl/α,β-unsaturated/α-hetero) is 1. The molecule has 0 saturated heterocycles. The molecule has 0 radical (unpaired) electrons. The van der Waals surface area contributed by atoms with Crippen molar-refractivity contribution in [1.82, 2.24) is 10.2 Å². The van der Waals surface area contributed by atoms with Crippen molar-refractivity contribution in [2.75, 3.05) is 7.11 Å². The van der Waals surface area contributed by atoms with Crippen LogP contribution < -0.4 is 4.74 Å². The van der Waals surface area contributed by atoms with Gasteiger partial charge in [-0.25, -0.2) is 0 Å². The lowest BCUT2D eigenvalue weighted by Gasteiger charge is -2.04. The Bertz CT molecular complexity index is 694. The zero-order valence-electron chi connectivity index (χ0n) is 12.5. The number of methoxy groups -OCH3 is 1. The summed E-state index contributed by atoms with van der Waals surface area (Å²) in [6.07, 6.45) is 2.15. The number of nitro groups is 1. The second-order valence-corrected chi connectivity index (χ2v) is 4.81. The van der Waals surface area contributed by atoms with Crippen LogP contribution in [0.1, 0.15) is 36.7 Å². The Morgan fingerprint density at radius 3 is 2.86 bits per heavy atom. The SMILES string of the molecule is CCCCC(=O)c1cc(-c2cccc(OC)c2[N+](=O)[O-])n[nH]1. The Labute approximate surface area is 127 Å². The van der Waals surface area contributed by atoms with E-state index in [-0.39, 0.29) is 17.2 Å². The maximum absolute atomic E-state index is 12.0. The monoisotopic (exact) mass is 303 g/mol. The number of rotatable bonds is 7. The molecule has 2 rings (SSSR count). The van der Waals surface area contributed by atoms with Crippen LogP contribution in [-0.4, -0.2) is 28.0 Å². The maximum atomic E-state index is 12.0. The number of nitro benzene ring substituents is 1. The predicted molar refractivity (Wildman–Crippen MR) is 81.1 cm³/mol. The molecule has 0 atom stereocenters. The highest BCUT2D eigenvalue weighted by atomic mass is 16.6. The van der Waals surface area contributed by atoms with E-state index in [9.17, 15) is 14.9 Å². The van der Waals surface area contributed by atoms with Gasteiger partial charge in [-0.3, -0.25) is 20.0 Å². The maximum Gasteiger partial charge on any atom is 0.320 e. The van der Waals surface area contributed by atoms with Crippen molar-refractivity contribution in [2.24, 2.45) is 0 Å². The standard InChI is InChI=1S/C15H17N3O4/c1-3-4-7-13(19)12-9-11(16-17-12)10-6-5-8-14(22-2)15(10)18(20)21/h5-6,8-9H,3-4,7H2,1-2H3,(H,16,17). The Balaban J connectivity index is 2.39. The molecule has 1 aromatic heterocycles. The number of carbonyl (C=O) groups is 1. The van der Waals surface area contributed by atoms with Crippen LogP contribution in [0.15, 0.2) is 24.3 Å². The molecule has 1 heterocycles. The minimum atomic E-state index is -0.512. The van der Waals surface area contributed by atoms with Gasteiger partial charge in [0.05, 0.1) is 23.3 Å². The van der Waals surface area contributed by atoms with E-state index < -0.39 is 4.92 Å². The van der Waals surface area contributed by atoms with Gasteiger partial charge in [-0.15, -0.1) is 0 Å². The highest BCUT2D eigenvalue weighted by molar-refractivity contribution is 5.95. The van der Waals surface area contributed by atoms with Gasteiger partial charge in [0.15, 0.2) is 11.5 Å². The van der Waals surface area contributed by atoms with Gasteiger partial charge in [-0.1, -0.05) is 19.4 Å². The topological polar surface area (TPSA) is 98.1 Å². The van der Waals surface area contributed by atoms with E-state index in [0.29, 0.717) is 23.4 Å². The van der Waals surface area contributed by atoms with Gasteiger partial charge in [-0.05, 0) is 24.6 Å². The minimum absolute atomic E-state index is 0.0499. The summed E-state index contributed by atoms with van der Waals surface area (Å²) in [5.41, 5.74) is 0.866. The third-order valence-electron chi connectivity index (χ3n) is 3.31. The predicted octanol–water partition coefficient (Wildman–Crippen LogP) is 3.37. The number of aromatic amines is 1. The van der Waals surface area contributed by atoms with Gasteiger partial charge >= 0.3 is 5.69 Å². The zero-order valence-corrected chi connectivity index (χ0v) is 12.5. The van der Waals surface area contributed by atoms with E-state index in [0.717, 1.165) is 12.8 Å². The van der Waals surface area contributed by atoms with Crippen molar-refractivity contribution >= 4 is 11.5 Å². The summed E-state index contributed by atoms with van der Waals surface area (Å²) < 4.78 is 5.03. The van der Waals surface area contributed by atoms with Crippen molar-refractivity contribution in [3.63, 3.8) is 0 Å². The first-order valence-electron chi connectivity index (χ1n) is 6.98. The average Bonchev–Trinajstić information content (AvgIpc) is 3.01. The zero-order chi connectivity index (χ0) is 16.1. The summed E-state index contributed by atoms with van der Waals surface area (Å²) in [6.45, 7) is 2.01. The van der Waals surface area contributed by atoms with Crippen LogP contribution in [0.4, 0.5) is 5.69 Å². The van der Waals surface area contributed by atoms with Gasteiger partial charge in [0.25, 0.3) is 0 Å². The lowest BCUT2D eigenvalue weighted by atomic mass is 10.1. The second kappa shape index (κ2) is 6.84. The Hall–Kier alpha value is -2.70. The first kappa shape index (κ1) is 15.7. The number of aromatic nitrogens is 2. The van der Waals surface area contributed by atoms with Gasteiger partial charge < -0.3 is 4.74 Å². The summed E-state index contributed by atoms with van der Waals surface area (Å²) in [5, 5.41) is 18.0. The molecule has 2 aromatic rings. The number of hydrogen-bond donors (Lipinski definition) is 1. The molecule has 116 valence electrons. The quantitative estimate of drug-likeness (QED) is 0.480. The average molecular weight is 303 g/mol. The van der Waals surface area contributed by atoms with Gasteiger partial charge in [0.1, 0.15) is 5.69 Å². The number of para-hydroxylation sites is 1. The van der Waals surface area contributed by atoms with Crippen molar-refractivity contribution in [1.29, 1.82) is 0 Å². The smallest absolute Gasteiger partial charge is 0.320 e. The molecule has 1 N–H and O–H groups in total. The molecule has 0 aliphatic rings. The van der Waals surface area contributed by atoms with Gasteiger partial charge in [-0.2, -0.15) is 5.10 Å². The van der Waals surface area contributed by atoms with Crippen LogP contribution in [-0.2, 0) is 0 Å². The van der Waals surface area contributed by atoms with E-state index >= 15 is 0 Å². The van der Waals surface area contributed by atoms with Gasteiger partial charge in [0, 0.05) is 6.42 Å². The third-order valence-corrected chi connectivity index (χ3v) is 3.31. The molecule has 1 aromatic carbocycles. The molecule has 0 aliphatic heterocycles. The molecule has 0 fully saturated rings. The van der Waals surface area contributed by atoms with E-state index in [1.54, 1.807) is 18.2 Å². The number of carbonyl (C=O) groups excluding carboxylic acids is 1. The van der Waals surface area contributed by atoms with Crippen LogP contribution in [0.25, 0.3) is 11.3 Å². The lowest BCUT2D eigenvalue weighted by molar-refractivity contribution is -0.385. The molecule has 0 unspecified atom stereocenters.